The smallest absolute Gasteiger partial charge is 0.146 e. The lowest BCUT2D eigenvalue weighted by atomic mass is 9.93. The van der Waals surface area contributed by atoms with Crippen molar-refractivity contribution in [3.05, 3.63) is 29.6 Å². The van der Waals surface area contributed by atoms with Gasteiger partial charge in [-0.05, 0) is 50.3 Å². The first kappa shape index (κ1) is 16.3. The van der Waals surface area contributed by atoms with Gasteiger partial charge in [0.25, 0.3) is 0 Å². The monoisotopic (exact) mass is 292 g/mol. The third-order valence-electron chi connectivity index (χ3n) is 4.70. The van der Waals surface area contributed by atoms with Crippen LogP contribution in [0.4, 0.5) is 10.1 Å². The Balaban J connectivity index is 2.14. The number of hydrogen-bond acceptors (Lipinski definition) is 2. The zero-order valence-electron chi connectivity index (χ0n) is 13.4. The molecule has 2 N–H and O–H groups in total. The molecule has 1 fully saturated rings. The van der Waals surface area contributed by atoms with E-state index in [9.17, 15) is 4.39 Å². The number of benzene rings is 1. The molecule has 1 saturated carbocycles. The van der Waals surface area contributed by atoms with Gasteiger partial charge in [0.2, 0.25) is 0 Å². The van der Waals surface area contributed by atoms with E-state index in [1.54, 1.807) is 6.07 Å². The van der Waals surface area contributed by atoms with Crippen molar-refractivity contribution in [3.63, 3.8) is 0 Å². The third-order valence-corrected chi connectivity index (χ3v) is 4.70. The molecule has 21 heavy (non-hydrogen) atoms. The average Bonchev–Trinajstić information content (AvgIpc) is 2.51. The fourth-order valence-electron chi connectivity index (χ4n) is 3.38. The van der Waals surface area contributed by atoms with Crippen LogP contribution in [-0.2, 0) is 6.42 Å². The molecule has 1 atom stereocenters. The SMILES string of the molecule is CCC(N)Cc1ccc(N(CC)C2CCCCC2)c(F)c1. The van der Waals surface area contributed by atoms with Crippen LogP contribution in [0.3, 0.4) is 0 Å². The Bertz CT molecular complexity index is 441. The Morgan fingerprint density at radius 3 is 2.52 bits per heavy atom. The predicted molar refractivity (Wildman–Crippen MR) is 88.3 cm³/mol. The van der Waals surface area contributed by atoms with Crippen LogP contribution in [0.1, 0.15) is 57.9 Å². The zero-order valence-corrected chi connectivity index (χ0v) is 13.4. The molecular formula is C18H29FN2. The second-order valence-corrected chi connectivity index (χ2v) is 6.24. The van der Waals surface area contributed by atoms with Crippen molar-refractivity contribution in [2.75, 3.05) is 11.4 Å². The fourth-order valence-corrected chi connectivity index (χ4v) is 3.38. The summed E-state index contributed by atoms with van der Waals surface area (Å²) in [5.41, 5.74) is 7.73. The third kappa shape index (κ3) is 4.19. The molecule has 0 aromatic heterocycles. The van der Waals surface area contributed by atoms with Crippen molar-refractivity contribution >= 4 is 5.69 Å². The van der Waals surface area contributed by atoms with Crippen LogP contribution in [0.15, 0.2) is 18.2 Å². The van der Waals surface area contributed by atoms with Crippen LogP contribution >= 0.6 is 0 Å². The van der Waals surface area contributed by atoms with Crippen LogP contribution < -0.4 is 10.6 Å². The molecule has 0 amide bonds. The quantitative estimate of drug-likeness (QED) is 0.848. The summed E-state index contributed by atoms with van der Waals surface area (Å²) in [4.78, 5) is 2.25. The van der Waals surface area contributed by atoms with Crippen molar-refractivity contribution < 1.29 is 4.39 Å². The summed E-state index contributed by atoms with van der Waals surface area (Å²) in [6, 6.07) is 6.29. The molecule has 1 aromatic rings. The van der Waals surface area contributed by atoms with Crippen molar-refractivity contribution in [1.29, 1.82) is 0 Å². The molecule has 0 radical (unpaired) electrons. The maximum absolute atomic E-state index is 14.5. The molecule has 118 valence electrons. The highest BCUT2D eigenvalue weighted by molar-refractivity contribution is 5.50. The molecule has 0 aliphatic heterocycles. The second kappa shape index (κ2) is 7.79. The largest absolute Gasteiger partial charge is 0.366 e. The van der Waals surface area contributed by atoms with E-state index in [0.29, 0.717) is 6.04 Å². The maximum Gasteiger partial charge on any atom is 0.146 e. The van der Waals surface area contributed by atoms with Crippen molar-refractivity contribution in [2.24, 2.45) is 5.73 Å². The molecule has 1 aromatic carbocycles. The Labute approximate surface area is 128 Å². The van der Waals surface area contributed by atoms with Crippen LogP contribution in [0.5, 0.6) is 0 Å². The molecule has 0 saturated heterocycles. The van der Waals surface area contributed by atoms with E-state index in [0.717, 1.165) is 30.6 Å². The zero-order chi connectivity index (χ0) is 15.2. The predicted octanol–water partition coefficient (Wildman–Crippen LogP) is 4.26. The van der Waals surface area contributed by atoms with E-state index in [2.05, 4.69) is 18.7 Å². The maximum atomic E-state index is 14.5. The van der Waals surface area contributed by atoms with E-state index in [1.165, 1.54) is 32.1 Å². The minimum atomic E-state index is -0.0942. The summed E-state index contributed by atoms with van der Waals surface area (Å²) in [6.07, 6.45) is 7.92. The molecule has 3 heteroatoms. The Morgan fingerprint density at radius 2 is 1.95 bits per heavy atom. The highest BCUT2D eigenvalue weighted by atomic mass is 19.1. The summed E-state index contributed by atoms with van der Waals surface area (Å²) < 4.78 is 14.5. The Morgan fingerprint density at radius 1 is 1.24 bits per heavy atom. The molecular weight excluding hydrogens is 263 g/mol. The van der Waals surface area contributed by atoms with Gasteiger partial charge in [0.1, 0.15) is 5.82 Å². The summed E-state index contributed by atoms with van der Waals surface area (Å²) >= 11 is 0. The standard InChI is InChI=1S/C18H29FN2/c1-3-15(20)12-14-10-11-18(17(19)13-14)21(4-2)16-8-6-5-7-9-16/h10-11,13,15-16H,3-9,12,20H2,1-2H3. The lowest BCUT2D eigenvalue weighted by Crippen LogP contribution is -2.37. The summed E-state index contributed by atoms with van der Waals surface area (Å²) in [5, 5.41) is 0. The van der Waals surface area contributed by atoms with Gasteiger partial charge in [-0.25, -0.2) is 4.39 Å². The first-order chi connectivity index (χ1) is 10.2. The van der Waals surface area contributed by atoms with Crippen LogP contribution in [0.2, 0.25) is 0 Å². The number of nitrogens with two attached hydrogens (primary N) is 1. The highest BCUT2D eigenvalue weighted by Gasteiger charge is 2.22. The van der Waals surface area contributed by atoms with Gasteiger partial charge in [-0.1, -0.05) is 32.3 Å². The van der Waals surface area contributed by atoms with Gasteiger partial charge in [-0.15, -0.1) is 0 Å². The Hall–Kier alpha value is -1.09. The molecule has 1 unspecified atom stereocenters. The van der Waals surface area contributed by atoms with Crippen molar-refractivity contribution in [1.82, 2.24) is 0 Å². The summed E-state index contributed by atoms with van der Waals surface area (Å²) in [7, 11) is 0. The van der Waals surface area contributed by atoms with Gasteiger partial charge in [-0.3, -0.25) is 0 Å². The number of rotatable bonds is 6. The van der Waals surface area contributed by atoms with Crippen LogP contribution in [0, 0.1) is 5.82 Å². The lowest BCUT2D eigenvalue weighted by molar-refractivity contribution is 0.414. The van der Waals surface area contributed by atoms with E-state index in [-0.39, 0.29) is 11.9 Å². The minimum Gasteiger partial charge on any atom is -0.366 e. The van der Waals surface area contributed by atoms with Gasteiger partial charge in [-0.2, -0.15) is 0 Å². The van der Waals surface area contributed by atoms with Crippen LogP contribution in [-0.4, -0.2) is 18.6 Å². The number of nitrogens with zero attached hydrogens (tertiary/aromatic N) is 1. The first-order valence-electron chi connectivity index (χ1n) is 8.46. The molecule has 0 heterocycles. The van der Waals surface area contributed by atoms with E-state index in [1.807, 2.05) is 12.1 Å². The van der Waals surface area contributed by atoms with Crippen molar-refractivity contribution in [2.45, 2.75) is 70.9 Å². The molecule has 2 rings (SSSR count). The van der Waals surface area contributed by atoms with E-state index >= 15 is 0 Å². The molecule has 0 spiro atoms. The number of anilines is 1. The van der Waals surface area contributed by atoms with Gasteiger partial charge < -0.3 is 10.6 Å². The highest BCUT2D eigenvalue weighted by Crippen LogP contribution is 2.29. The summed E-state index contributed by atoms with van der Waals surface area (Å²) in [6.45, 7) is 5.06. The fraction of sp³-hybridized carbons (Fsp3) is 0.667. The first-order valence-corrected chi connectivity index (χ1v) is 8.46. The molecule has 0 bridgehead atoms. The normalized spacial score (nSPS) is 17.7. The van der Waals surface area contributed by atoms with Gasteiger partial charge in [0.15, 0.2) is 0 Å². The number of halogens is 1. The minimum absolute atomic E-state index is 0.0942. The van der Waals surface area contributed by atoms with E-state index < -0.39 is 0 Å². The van der Waals surface area contributed by atoms with Crippen molar-refractivity contribution in [3.8, 4) is 0 Å². The molecule has 2 nitrogen and oxygen atoms in total. The topological polar surface area (TPSA) is 29.3 Å². The summed E-state index contributed by atoms with van der Waals surface area (Å²) in [5.74, 6) is -0.0942. The molecule has 1 aliphatic carbocycles. The average molecular weight is 292 g/mol. The van der Waals surface area contributed by atoms with E-state index in [4.69, 9.17) is 5.73 Å². The lowest BCUT2D eigenvalue weighted by Gasteiger charge is -2.35. The Kier molecular flexibility index (Phi) is 6.04. The van der Waals surface area contributed by atoms with Gasteiger partial charge in [0, 0.05) is 18.6 Å². The second-order valence-electron chi connectivity index (χ2n) is 6.24. The molecule has 1 aliphatic rings. The van der Waals surface area contributed by atoms with Gasteiger partial charge >= 0.3 is 0 Å². The van der Waals surface area contributed by atoms with Gasteiger partial charge in [0.05, 0.1) is 5.69 Å². The number of hydrogen-bond donors (Lipinski definition) is 1. The van der Waals surface area contributed by atoms with Crippen LogP contribution in [0.25, 0.3) is 0 Å².